The largest absolute Gasteiger partial charge is 0.508 e. The third kappa shape index (κ3) is 5.15. The average molecular weight is 489 g/mol. The number of nitrogens with one attached hydrogen (secondary N) is 2. The van der Waals surface area contributed by atoms with Crippen LogP contribution in [0.3, 0.4) is 0 Å². The van der Waals surface area contributed by atoms with E-state index in [4.69, 9.17) is 33.3 Å². The maximum Gasteiger partial charge on any atom is 0.219 e. The SMILES string of the molecule is COc1ccc(NC(=S)N/N=C2/CC3(CCN(C(C)=O)CC3)Oc3ccc(O)cc32)cc1Cl. The molecule has 174 valence electrons. The van der Waals surface area contributed by atoms with E-state index < -0.39 is 5.60 Å². The summed E-state index contributed by atoms with van der Waals surface area (Å²) in [6.45, 7) is 2.84. The zero-order chi connectivity index (χ0) is 23.6. The summed E-state index contributed by atoms with van der Waals surface area (Å²) < 4.78 is 11.5. The summed E-state index contributed by atoms with van der Waals surface area (Å²) in [4.78, 5) is 13.6. The van der Waals surface area contributed by atoms with E-state index in [0.717, 1.165) is 5.71 Å². The Morgan fingerprint density at radius 2 is 2.03 bits per heavy atom. The second-order valence-electron chi connectivity index (χ2n) is 8.12. The lowest BCUT2D eigenvalue weighted by Crippen LogP contribution is -2.52. The molecular formula is C23H25ClN4O4S. The van der Waals surface area contributed by atoms with Crippen LogP contribution in [-0.2, 0) is 4.79 Å². The summed E-state index contributed by atoms with van der Waals surface area (Å²) in [6.07, 6.45) is 1.91. The first-order chi connectivity index (χ1) is 15.8. The molecule has 2 aliphatic heterocycles. The Morgan fingerprint density at radius 1 is 1.27 bits per heavy atom. The highest BCUT2D eigenvalue weighted by molar-refractivity contribution is 7.80. The fourth-order valence-corrected chi connectivity index (χ4v) is 4.55. The Bertz CT molecular complexity index is 1120. The van der Waals surface area contributed by atoms with Crippen LogP contribution in [0.5, 0.6) is 17.2 Å². The van der Waals surface area contributed by atoms with Crippen molar-refractivity contribution < 1.29 is 19.4 Å². The number of benzene rings is 2. The van der Waals surface area contributed by atoms with Gasteiger partial charge in [0.1, 0.15) is 22.8 Å². The Morgan fingerprint density at radius 3 is 2.70 bits per heavy atom. The number of piperidine rings is 1. The van der Waals surface area contributed by atoms with Gasteiger partial charge in [0, 0.05) is 50.5 Å². The predicted octanol–water partition coefficient (Wildman–Crippen LogP) is 3.91. The topological polar surface area (TPSA) is 95.4 Å². The molecule has 0 saturated carbocycles. The van der Waals surface area contributed by atoms with E-state index in [1.165, 1.54) is 0 Å². The number of amides is 1. The van der Waals surface area contributed by atoms with E-state index in [0.29, 0.717) is 60.1 Å². The summed E-state index contributed by atoms with van der Waals surface area (Å²) in [6, 6.07) is 10.2. The molecule has 2 aromatic carbocycles. The average Bonchev–Trinajstić information content (AvgIpc) is 2.78. The lowest BCUT2D eigenvalue weighted by atomic mass is 9.82. The first-order valence-electron chi connectivity index (χ1n) is 10.5. The minimum absolute atomic E-state index is 0.0663. The van der Waals surface area contributed by atoms with Crippen molar-refractivity contribution >= 4 is 46.2 Å². The van der Waals surface area contributed by atoms with Gasteiger partial charge in [-0.3, -0.25) is 10.2 Å². The van der Waals surface area contributed by atoms with Crippen molar-refractivity contribution in [1.82, 2.24) is 10.3 Å². The molecule has 2 aliphatic rings. The molecule has 3 N–H and O–H groups in total. The predicted molar refractivity (Wildman–Crippen MR) is 131 cm³/mol. The molecule has 8 nitrogen and oxygen atoms in total. The van der Waals surface area contributed by atoms with E-state index in [1.807, 2.05) is 4.90 Å². The Hall–Kier alpha value is -3.04. The number of nitrogens with zero attached hydrogens (tertiary/aromatic N) is 2. The number of hydrogen-bond acceptors (Lipinski definition) is 6. The number of hydrogen-bond donors (Lipinski definition) is 3. The lowest BCUT2D eigenvalue weighted by molar-refractivity contribution is -0.132. The van der Waals surface area contributed by atoms with Gasteiger partial charge in [-0.15, -0.1) is 0 Å². The van der Waals surface area contributed by atoms with Crippen LogP contribution in [0.1, 0.15) is 31.7 Å². The third-order valence-corrected chi connectivity index (χ3v) is 6.40. The van der Waals surface area contributed by atoms with Crippen molar-refractivity contribution in [2.45, 2.75) is 31.8 Å². The van der Waals surface area contributed by atoms with E-state index in [-0.39, 0.29) is 16.8 Å². The molecule has 1 amide bonds. The van der Waals surface area contributed by atoms with Gasteiger partial charge in [-0.05, 0) is 48.6 Å². The number of phenolic OH excluding ortho intramolecular Hbond substituents is 1. The molecule has 2 heterocycles. The molecular weight excluding hydrogens is 464 g/mol. The zero-order valence-electron chi connectivity index (χ0n) is 18.4. The van der Waals surface area contributed by atoms with Gasteiger partial charge in [0.25, 0.3) is 0 Å². The highest BCUT2D eigenvalue weighted by atomic mass is 35.5. The van der Waals surface area contributed by atoms with Crippen LogP contribution in [0.15, 0.2) is 41.5 Å². The molecule has 0 unspecified atom stereocenters. The van der Waals surface area contributed by atoms with E-state index >= 15 is 0 Å². The second kappa shape index (κ2) is 9.44. The molecule has 10 heteroatoms. The molecule has 33 heavy (non-hydrogen) atoms. The quantitative estimate of drug-likeness (QED) is 0.445. The van der Waals surface area contributed by atoms with Gasteiger partial charge in [0.2, 0.25) is 5.91 Å². The van der Waals surface area contributed by atoms with Gasteiger partial charge < -0.3 is 24.8 Å². The van der Waals surface area contributed by atoms with Gasteiger partial charge in [-0.1, -0.05) is 11.6 Å². The number of rotatable bonds is 3. The van der Waals surface area contributed by atoms with E-state index in [9.17, 15) is 9.90 Å². The first-order valence-corrected chi connectivity index (χ1v) is 11.3. The number of thiocarbonyl (C=S) groups is 1. The van der Waals surface area contributed by atoms with Crippen molar-refractivity contribution in [2.75, 3.05) is 25.5 Å². The first kappa shape index (κ1) is 23.1. The monoisotopic (exact) mass is 488 g/mol. The Labute approximate surface area is 202 Å². The van der Waals surface area contributed by atoms with Crippen LogP contribution in [0.2, 0.25) is 5.02 Å². The second-order valence-corrected chi connectivity index (χ2v) is 8.94. The van der Waals surface area contributed by atoms with Gasteiger partial charge in [0.15, 0.2) is 5.11 Å². The summed E-state index contributed by atoms with van der Waals surface area (Å²) in [7, 11) is 1.55. The molecule has 0 aliphatic carbocycles. The van der Waals surface area contributed by atoms with Crippen LogP contribution < -0.4 is 20.2 Å². The Kier molecular flexibility index (Phi) is 6.62. The number of ether oxygens (including phenoxy) is 2. The number of halogens is 1. The van der Waals surface area contributed by atoms with Crippen LogP contribution in [0.4, 0.5) is 5.69 Å². The van der Waals surface area contributed by atoms with Crippen LogP contribution in [0, 0.1) is 0 Å². The maximum absolute atomic E-state index is 11.7. The number of carbonyl (C=O) groups is 1. The molecule has 0 aromatic heterocycles. The van der Waals surface area contributed by atoms with Gasteiger partial charge in [-0.2, -0.15) is 5.10 Å². The van der Waals surface area contributed by atoms with Crippen LogP contribution in [0.25, 0.3) is 0 Å². The van der Waals surface area contributed by atoms with Crippen LogP contribution >= 0.6 is 23.8 Å². The fourth-order valence-electron chi connectivity index (χ4n) is 4.13. The smallest absolute Gasteiger partial charge is 0.219 e. The summed E-state index contributed by atoms with van der Waals surface area (Å²) in [5, 5.41) is 18.4. The molecule has 2 aromatic rings. The number of methoxy groups -OCH3 is 1. The minimum Gasteiger partial charge on any atom is -0.508 e. The molecule has 0 radical (unpaired) electrons. The summed E-state index contributed by atoms with van der Waals surface area (Å²) >= 11 is 11.6. The van der Waals surface area contributed by atoms with Gasteiger partial charge in [0.05, 0.1) is 17.8 Å². The number of aromatic hydroxyl groups is 1. The number of likely N-dealkylation sites (tertiary alicyclic amines) is 1. The van der Waals surface area contributed by atoms with Crippen molar-refractivity contribution in [3.05, 3.63) is 47.0 Å². The standard InChI is InChI=1S/C23H25ClN4O4S/c1-14(29)28-9-7-23(8-10-28)13-19(17-12-16(30)4-6-20(17)32-23)26-27-22(33)25-15-3-5-21(31-2)18(24)11-15/h3-6,11-12,30H,7-10,13H2,1-2H3,(H2,25,27,33)/b26-19-. The molecule has 1 spiro atoms. The normalized spacial score (nSPS) is 17.8. The van der Waals surface area contributed by atoms with Crippen molar-refractivity contribution in [2.24, 2.45) is 5.10 Å². The van der Waals surface area contributed by atoms with Crippen molar-refractivity contribution in [3.63, 3.8) is 0 Å². The highest BCUT2D eigenvalue weighted by Crippen LogP contribution is 2.40. The molecule has 0 bridgehead atoms. The summed E-state index contributed by atoms with van der Waals surface area (Å²) in [5.41, 5.74) is 4.55. The maximum atomic E-state index is 11.7. The lowest BCUT2D eigenvalue weighted by Gasteiger charge is -2.44. The van der Waals surface area contributed by atoms with Gasteiger partial charge in [-0.25, -0.2) is 0 Å². The van der Waals surface area contributed by atoms with E-state index in [2.05, 4.69) is 15.8 Å². The van der Waals surface area contributed by atoms with Gasteiger partial charge >= 0.3 is 0 Å². The zero-order valence-corrected chi connectivity index (χ0v) is 19.9. The summed E-state index contributed by atoms with van der Waals surface area (Å²) in [5.74, 6) is 1.41. The molecule has 4 rings (SSSR count). The number of fused-ring (bicyclic) bond motifs is 1. The minimum atomic E-state index is -0.463. The van der Waals surface area contributed by atoms with Crippen molar-refractivity contribution in [3.8, 4) is 17.2 Å². The number of carbonyl (C=O) groups excluding carboxylic acids is 1. The molecule has 1 fully saturated rings. The number of phenols is 1. The van der Waals surface area contributed by atoms with Crippen LogP contribution in [-0.4, -0.2) is 52.5 Å². The van der Waals surface area contributed by atoms with E-state index in [1.54, 1.807) is 50.4 Å². The fraction of sp³-hybridized carbons (Fsp3) is 0.348. The van der Waals surface area contributed by atoms with Crippen molar-refractivity contribution in [1.29, 1.82) is 0 Å². The highest BCUT2D eigenvalue weighted by Gasteiger charge is 2.42. The molecule has 0 atom stereocenters. The number of anilines is 1. The molecule has 1 saturated heterocycles. The number of hydrazone groups is 1. The Balaban J connectivity index is 1.52. The third-order valence-electron chi connectivity index (χ3n) is 5.91.